The molecule has 1 saturated heterocycles. The van der Waals surface area contributed by atoms with E-state index in [9.17, 15) is 28.4 Å². The number of carboxylic acid groups (broad SMARTS) is 1. The summed E-state index contributed by atoms with van der Waals surface area (Å²) in [5.74, 6) is -1.35. The standard InChI is InChI=1S/C11H12N2O7S/c14-8-5-10(11(15)16)12(6-8)21(19,20)9-3-1-7(2-4-9)13(17)18/h1-4,8,10,14H,5-6H2,(H,15,16)/t8?,10-/m0/s1. The number of aliphatic hydroxyl groups excluding tert-OH is 1. The predicted octanol–water partition coefficient (Wildman–Crippen LogP) is -0.197. The van der Waals surface area contributed by atoms with E-state index in [-0.39, 0.29) is 23.5 Å². The van der Waals surface area contributed by atoms with Gasteiger partial charge in [-0.3, -0.25) is 14.9 Å². The van der Waals surface area contributed by atoms with Gasteiger partial charge in [0.2, 0.25) is 10.0 Å². The topological polar surface area (TPSA) is 138 Å². The zero-order chi connectivity index (χ0) is 15.8. The quantitative estimate of drug-likeness (QED) is 0.579. The third-order valence-electron chi connectivity index (χ3n) is 3.17. The van der Waals surface area contributed by atoms with Gasteiger partial charge in [-0.15, -0.1) is 0 Å². The Morgan fingerprint density at radius 1 is 1.33 bits per heavy atom. The number of carbonyl (C=O) groups is 1. The smallest absolute Gasteiger partial charge is 0.322 e. The normalized spacial score (nSPS) is 23.1. The molecule has 2 atom stereocenters. The number of rotatable bonds is 4. The van der Waals surface area contributed by atoms with E-state index in [0.29, 0.717) is 4.31 Å². The summed E-state index contributed by atoms with van der Waals surface area (Å²) in [6.45, 7) is -0.323. The van der Waals surface area contributed by atoms with Gasteiger partial charge < -0.3 is 10.2 Å². The lowest BCUT2D eigenvalue weighted by Crippen LogP contribution is -2.40. The zero-order valence-electron chi connectivity index (χ0n) is 10.6. The summed E-state index contributed by atoms with van der Waals surface area (Å²) < 4.78 is 25.4. The van der Waals surface area contributed by atoms with Crippen LogP contribution < -0.4 is 0 Å². The highest BCUT2D eigenvalue weighted by Crippen LogP contribution is 2.27. The summed E-state index contributed by atoms with van der Waals surface area (Å²) in [5.41, 5.74) is -0.273. The van der Waals surface area contributed by atoms with Gasteiger partial charge in [0, 0.05) is 25.1 Å². The van der Waals surface area contributed by atoms with Crippen molar-refractivity contribution in [1.82, 2.24) is 4.31 Å². The molecule has 10 heteroatoms. The van der Waals surface area contributed by atoms with E-state index in [1.54, 1.807) is 0 Å². The van der Waals surface area contributed by atoms with Gasteiger partial charge in [0.25, 0.3) is 5.69 Å². The Hall–Kier alpha value is -2.04. The molecule has 2 rings (SSSR count). The molecule has 0 aromatic heterocycles. The van der Waals surface area contributed by atoms with Crippen LogP contribution in [0.3, 0.4) is 0 Å². The minimum atomic E-state index is -4.14. The van der Waals surface area contributed by atoms with Crippen LogP contribution in [0.2, 0.25) is 0 Å². The van der Waals surface area contributed by atoms with Crippen molar-refractivity contribution in [2.45, 2.75) is 23.5 Å². The molecular weight excluding hydrogens is 304 g/mol. The summed E-state index contributed by atoms with van der Waals surface area (Å²) in [6, 6.07) is 2.78. The molecule has 1 unspecified atom stereocenters. The molecule has 0 spiro atoms. The maximum atomic E-state index is 12.4. The Balaban J connectivity index is 2.37. The number of benzene rings is 1. The molecule has 0 saturated carbocycles. The van der Waals surface area contributed by atoms with Crippen molar-refractivity contribution in [2.24, 2.45) is 0 Å². The first kappa shape index (κ1) is 15.4. The van der Waals surface area contributed by atoms with Crippen molar-refractivity contribution < 1.29 is 28.3 Å². The van der Waals surface area contributed by atoms with Gasteiger partial charge in [0.15, 0.2) is 0 Å². The summed E-state index contributed by atoms with van der Waals surface area (Å²) in [6.07, 6.45) is -1.25. The Kier molecular flexibility index (Phi) is 3.94. The summed E-state index contributed by atoms with van der Waals surface area (Å²) in [5, 5.41) is 29.0. The maximum Gasteiger partial charge on any atom is 0.322 e. The molecule has 1 heterocycles. The van der Waals surface area contributed by atoms with Gasteiger partial charge in [-0.25, -0.2) is 8.42 Å². The SMILES string of the molecule is O=C(O)[C@@H]1CC(O)CN1S(=O)(=O)c1ccc([N+](=O)[O-])cc1. The number of nitro benzene ring substituents is 1. The molecule has 1 aliphatic rings. The fraction of sp³-hybridized carbons (Fsp3) is 0.364. The number of aliphatic carboxylic acids is 1. The minimum Gasteiger partial charge on any atom is -0.480 e. The van der Waals surface area contributed by atoms with Crippen LogP contribution in [0, 0.1) is 10.1 Å². The van der Waals surface area contributed by atoms with Crippen molar-refractivity contribution in [1.29, 1.82) is 0 Å². The van der Waals surface area contributed by atoms with Gasteiger partial charge in [0.05, 0.1) is 15.9 Å². The van der Waals surface area contributed by atoms with Crippen LogP contribution in [0.15, 0.2) is 29.2 Å². The van der Waals surface area contributed by atoms with Crippen LogP contribution in [0.4, 0.5) is 5.69 Å². The monoisotopic (exact) mass is 316 g/mol. The Bertz CT molecular complexity index is 670. The van der Waals surface area contributed by atoms with Gasteiger partial charge in [-0.1, -0.05) is 0 Å². The van der Waals surface area contributed by atoms with Gasteiger partial charge in [-0.2, -0.15) is 4.31 Å². The number of non-ortho nitro benzene ring substituents is 1. The first-order valence-electron chi connectivity index (χ1n) is 5.90. The molecule has 0 aliphatic carbocycles. The molecule has 1 fully saturated rings. The summed E-state index contributed by atoms with van der Waals surface area (Å²) >= 11 is 0. The Morgan fingerprint density at radius 3 is 2.38 bits per heavy atom. The third-order valence-corrected chi connectivity index (χ3v) is 5.06. The summed E-state index contributed by atoms with van der Waals surface area (Å²) in [7, 11) is -4.14. The van der Waals surface area contributed by atoms with Crippen molar-refractivity contribution in [3.8, 4) is 0 Å². The average molecular weight is 316 g/mol. The van der Waals surface area contributed by atoms with E-state index in [4.69, 9.17) is 5.11 Å². The van der Waals surface area contributed by atoms with Crippen LogP contribution in [-0.4, -0.2) is 52.5 Å². The number of β-amino-alcohol motifs (C(OH)–C–C–N with tert-alkyl or cyclic N) is 1. The van der Waals surface area contributed by atoms with Crippen LogP contribution >= 0.6 is 0 Å². The lowest BCUT2D eigenvalue weighted by atomic mass is 10.2. The number of aliphatic hydroxyl groups is 1. The molecule has 0 radical (unpaired) electrons. The fourth-order valence-electron chi connectivity index (χ4n) is 2.15. The van der Waals surface area contributed by atoms with E-state index in [0.717, 1.165) is 24.3 Å². The largest absolute Gasteiger partial charge is 0.480 e. The lowest BCUT2D eigenvalue weighted by molar-refractivity contribution is -0.384. The molecule has 21 heavy (non-hydrogen) atoms. The van der Waals surface area contributed by atoms with Crippen LogP contribution in [0.1, 0.15) is 6.42 Å². The van der Waals surface area contributed by atoms with Crippen LogP contribution in [-0.2, 0) is 14.8 Å². The second-order valence-electron chi connectivity index (χ2n) is 4.57. The van der Waals surface area contributed by atoms with Crippen molar-refractivity contribution in [3.05, 3.63) is 34.4 Å². The second-order valence-corrected chi connectivity index (χ2v) is 6.46. The molecule has 9 nitrogen and oxygen atoms in total. The highest BCUT2D eigenvalue weighted by atomic mass is 32.2. The van der Waals surface area contributed by atoms with E-state index in [1.165, 1.54) is 0 Å². The molecule has 114 valence electrons. The van der Waals surface area contributed by atoms with E-state index in [1.807, 2.05) is 0 Å². The van der Waals surface area contributed by atoms with Crippen molar-refractivity contribution >= 4 is 21.7 Å². The number of hydrogen-bond acceptors (Lipinski definition) is 6. The second kappa shape index (κ2) is 5.39. The van der Waals surface area contributed by atoms with Crippen LogP contribution in [0.25, 0.3) is 0 Å². The highest BCUT2D eigenvalue weighted by Gasteiger charge is 2.43. The zero-order valence-corrected chi connectivity index (χ0v) is 11.4. The van der Waals surface area contributed by atoms with E-state index < -0.39 is 33.1 Å². The number of hydrogen-bond donors (Lipinski definition) is 2. The Morgan fingerprint density at radius 2 is 1.90 bits per heavy atom. The maximum absolute atomic E-state index is 12.4. The van der Waals surface area contributed by atoms with Crippen LogP contribution in [0.5, 0.6) is 0 Å². The Labute approximate surface area is 119 Å². The van der Waals surface area contributed by atoms with Gasteiger partial charge >= 0.3 is 5.97 Å². The number of sulfonamides is 1. The number of nitrogens with zero attached hydrogens (tertiary/aromatic N) is 2. The first-order valence-corrected chi connectivity index (χ1v) is 7.34. The summed E-state index contributed by atoms with van der Waals surface area (Å²) in [4.78, 5) is 20.7. The minimum absolute atomic E-state index is 0.193. The molecule has 1 aliphatic heterocycles. The van der Waals surface area contributed by atoms with Gasteiger partial charge in [-0.05, 0) is 12.1 Å². The fourth-order valence-corrected chi connectivity index (χ4v) is 3.78. The predicted molar refractivity (Wildman–Crippen MR) is 69.0 cm³/mol. The third kappa shape index (κ3) is 2.86. The molecule has 2 N–H and O–H groups in total. The lowest BCUT2D eigenvalue weighted by Gasteiger charge is -2.20. The number of nitro groups is 1. The molecule has 1 aromatic rings. The van der Waals surface area contributed by atoms with Crippen molar-refractivity contribution in [3.63, 3.8) is 0 Å². The molecular formula is C11H12N2O7S. The molecule has 0 amide bonds. The van der Waals surface area contributed by atoms with Crippen molar-refractivity contribution in [2.75, 3.05) is 6.54 Å². The van der Waals surface area contributed by atoms with E-state index in [2.05, 4.69) is 0 Å². The highest BCUT2D eigenvalue weighted by molar-refractivity contribution is 7.89. The number of carboxylic acids is 1. The van der Waals surface area contributed by atoms with E-state index >= 15 is 0 Å². The van der Waals surface area contributed by atoms with Gasteiger partial charge in [0.1, 0.15) is 6.04 Å². The molecule has 1 aromatic carbocycles. The first-order chi connectivity index (χ1) is 9.73. The average Bonchev–Trinajstić information content (AvgIpc) is 2.82. The molecule has 0 bridgehead atoms.